The highest BCUT2D eigenvalue weighted by atomic mass is 79.9. The van der Waals surface area contributed by atoms with Gasteiger partial charge in [-0.2, -0.15) is 0 Å². The van der Waals surface area contributed by atoms with Gasteiger partial charge in [0.1, 0.15) is 18.5 Å². The summed E-state index contributed by atoms with van der Waals surface area (Å²) in [7, 11) is 2.08. The van der Waals surface area contributed by atoms with E-state index in [0.29, 0.717) is 12.4 Å². The van der Waals surface area contributed by atoms with Gasteiger partial charge in [0.15, 0.2) is 0 Å². The number of hydrogen-bond donors (Lipinski definition) is 1. The smallest absolute Gasteiger partial charge is 0.126 e. The summed E-state index contributed by atoms with van der Waals surface area (Å²) < 4.78 is 12.4. The summed E-state index contributed by atoms with van der Waals surface area (Å²) in [5, 5.41) is 9.74. The number of nitrogens with zero attached hydrogens (tertiary/aromatic N) is 1. The monoisotopic (exact) mass is 329 g/mol. The van der Waals surface area contributed by atoms with Gasteiger partial charge in [-0.1, -0.05) is 22.0 Å². The molecule has 1 aliphatic rings. The summed E-state index contributed by atoms with van der Waals surface area (Å²) >= 11 is 3.42. The average molecular weight is 330 g/mol. The van der Waals surface area contributed by atoms with Crippen LogP contribution in [0.15, 0.2) is 22.7 Å². The predicted octanol–water partition coefficient (Wildman–Crippen LogP) is 2.21. The van der Waals surface area contributed by atoms with E-state index >= 15 is 0 Å². The van der Waals surface area contributed by atoms with E-state index in [9.17, 15) is 5.11 Å². The van der Waals surface area contributed by atoms with Crippen LogP contribution in [-0.4, -0.2) is 49.5 Å². The van der Waals surface area contributed by atoms with Crippen LogP contribution in [0.2, 0.25) is 0 Å². The van der Waals surface area contributed by atoms with Gasteiger partial charge in [-0.05, 0) is 26.1 Å². The minimum atomic E-state index is -0.543. The third kappa shape index (κ3) is 4.18. The molecule has 19 heavy (non-hydrogen) atoms. The molecule has 0 bridgehead atoms. The van der Waals surface area contributed by atoms with Gasteiger partial charge in [0.2, 0.25) is 0 Å². The molecule has 1 unspecified atom stereocenters. The molecule has 1 fully saturated rings. The molecule has 0 amide bonds. The zero-order valence-electron chi connectivity index (χ0n) is 11.3. The fourth-order valence-corrected chi connectivity index (χ4v) is 2.47. The summed E-state index contributed by atoms with van der Waals surface area (Å²) in [6.07, 6.45) is -0.461. The second-order valence-corrected chi connectivity index (χ2v) is 5.84. The van der Waals surface area contributed by atoms with Crippen molar-refractivity contribution in [3.05, 3.63) is 28.2 Å². The van der Waals surface area contributed by atoms with E-state index in [2.05, 4.69) is 27.9 Å². The second kappa shape index (κ2) is 6.70. The molecule has 0 spiro atoms. The van der Waals surface area contributed by atoms with Crippen molar-refractivity contribution < 1.29 is 14.6 Å². The first-order valence-corrected chi connectivity index (χ1v) is 7.26. The predicted molar refractivity (Wildman–Crippen MR) is 77.5 cm³/mol. The minimum absolute atomic E-state index is 0.0829. The van der Waals surface area contributed by atoms with E-state index in [4.69, 9.17) is 9.47 Å². The first-order chi connectivity index (χ1) is 9.06. The lowest BCUT2D eigenvalue weighted by atomic mass is 10.1. The highest BCUT2D eigenvalue weighted by molar-refractivity contribution is 9.10. The molecule has 1 saturated heterocycles. The third-order valence-corrected chi connectivity index (χ3v) is 3.69. The van der Waals surface area contributed by atoms with Gasteiger partial charge in [-0.15, -0.1) is 0 Å². The number of benzene rings is 1. The largest absolute Gasteiger partial charge is 0.490 e. The van der Waals surface area contributed by atoms with Crippen molar-refractivity contribution in [2.45, 2.75) is 19.1 Å². The molecule has 106 valence electrons. The number of halogens is 1. The molecular formula is C14H20BrNO3. The van der Waals surface area contributed by atoms with E-state index in [-0.39, 0.29) is 6.10 Å². The topological polar surface area (TPSA) is 41.9 Å². The molecule has 2 atom stereocenters. The third-order valence-electron chi connectivity index (χ3n) is 3.19. The highest BCUT2D eigenvalue weighted by Crippen LogP contribution is 2.28. The van der Waals surface area contributed by atoms with Gasteiger partial charge < -0.3 is 19.5 Å². The maximum atomic E-state index is 9.74. The van der Waals surface area contributed by atoms with Gasteiger partial charge in [0, 0.05) is 23.1 Å². The van der Waals surface area contributed by atoms with Crippen molar-refractivity contribution in [1.29, 1.82) is 0 Å². The standard InChI is InChI=1S/C14H20BrNO3/c1-10(17)13-4-3-11(15)7-14(13)19-9-12-8-16(2)5-6-18-12/h3-4,7,10,12,17H,5-6,8-9H2,1-2H3/t10-,12?/m1/s1. The van der Waals surface area contributed by atoms with Crippen LogP contribution in [-0.2, 0) is 4.74 Å². The summed E-state index contributed by atoms with van der Waals surface area (Å²) in [6.45, 7) is 4.82. The fraction of sp³-hybridized carbons (Fsp3) is 0.571. The van der Waals surface area contributed by atoms with Crippen LogP contribution in [0.3, 0.4) is 0 Å². The zero-order chi connectivity index (χ0) is 13.8. The summed E-state index contributed by atoms with van der Waals surface area (Å²) in [4.78, 5) is 2.23. The van der Waals surface area contributed by atoms with Gasteiger partial charge >= 0.3 is 0 Å². The molecule has 1 N–H and O–H groups in total. The van der Waals surface area contributed by atoms with E-state index in [1.165, 1.54) is 0 Å². The Morgan fingerprint density at radius 1 is 1.58 bits per heavy atom. The van der Waals surface area contributed by atoms with Crippen molar-refractivity contribution >= 4 is 15.9 Å². The quantitative estimate of drug-likeness (QED) is 0.919. The Bertz CT molecular complexity index is 425. The Labute approximate surface area is 122 Å². The van der Waals surface area contributed by atoms with Crippen molar-refractivity contribution in [2.75, 3.05) is 33.4 Å². The van der Waals surface area contributed by atoms with Crippen molar-refractivity contribution in [3.63, 3.8) is 0 Å². The molecule has 1 aliphatic heterocycles. The van der Waals surface area contributed by atoms with E-state index < -0.39 is 6.10 Å². The van der Waals surface area contributed by atoms with Crippen LogP contribution < -0.4 is 4.74 Å². The fourth-order valence-electron chi connectivity index (χ4n) is 2.13. The van der Waals surface area contributed by atoms with Gasteiger partial charge in [0.05, 0.1) is 12.7 Å². The summed E-state index contributed by atoms with van der Waals surface area (Å²) in [5.74, 6) is 0.709. The normalized spacial score (nSPS) is 22.2. The van der Waals surface area contributed by atoms with Crippen LogP contribution in [0, 0.1) is 0 Å². The lowest BCUT2D eigenvalue weighted by molar-refractivity contribution is -0.0407. The lowest BCUT2D eigenvalue weighted by Gasteiger charge is -2.30. The molecule has 4 nitrogen and oxygen atoms in total. The number of aliphatic hydroxyl groups excluding tert-OH is 1. The minimum Gasteiger partial charge on any atom is -0.490 e. The number of ether oxygens (including phenoxy) is 2. The van der Waals surface area contributed by atoms with E-state index in [0.717, 1.165) is 29.7 Å². The van der Waals surface area contributed by atoms with Gasteiger partial charge in [-0.25, -0.2) is 0 Å². The van der Waals surface area contributed by atoms with Crippen molar-refractivity contribution in [1.82, 2.24) is 4.90 Å². The number of aliphatic hydroxyl groups is 1. The molecule has 0 aliphatic carbocycles. The molecule has 0 saturated carbocycles. The lowest BCUT2D eigenvalue weighted by Crippen LogP contribution is -2.42. The van der Waals surface area contributed by atoms with Gasteiger partial charge in [-0.3, -0.25) is 0 Å². The summed E-state index contributed by atoms with van der Waals surface area (Å²) in [5.41, 5.74) is 0.798. The van der Waals surface area contributed by atoms with E-state index in [1.54, 1.807) is 6.92 Å². The molecule has 1 aromatic rings. The van der Waals surface area contributed by atoms with Crippen LogP contribution in [0.4, 0.5) is 0 Å². The number of rotatable bonds is 4. The number of morpholine rings is 1. The van der Waals surface area contributed by atoms with Crippen molar-refractivity contribution in [3.8, 4) is 5.75 Å². The highest BCUT2D eigenvalue weighted by Gasteiger charge is 2.19. The maximum absolute atomic E-state index is 9.74. The molecule has 5 heteroatoms. The molecule has 0 aromatic heterocycles. The first kappa shape index (κ1) is 14.8. The molecule has 1 aromatic carbocycles. The molecular weight excluding hydrogens is 310 g/mol. The SMILES string of the molecule is C[C@@H](O)c1ccc(Br)cc1OCC1CN(C)CCO1. The molecule has 2 rings (SSSR count). The zero-order valence-corrected chi connectivity index (χ0v) is 12.9. The maximum Gasteiger partial charge on any atom is 0.126 e. The Morgan fingerprint density at radius 2 is 2.37 bits per heavy atom. The average Bonchev–Trinajstić information content (AvgIpc) is 2.36. The van der Waals surface area contributed by atoms with Crippen LogP contribution in [0.1, 0.15) is 18.6 Å². The Hall–Kier alpha value is -0.620. The van der Waals surface area contributed by atoms with Crippen LogP contribution in [0.25, 0.3) is 0 Å². The Balaban J connectivity index is 2.00. The van der Waals surface area contributed by atoms with E-state index in [1.807, 2.05) is 18.2 Å². The first-order valence-electron chi connectivity index (χ1n) is 6.46. The van der Waals surface area contributed by atoms with Crippen LogP contribution in [0.5, 0.6) is 5.75 Å². The Kier molecular flexibility index (Phi) is 5.21. The number of hydrogen-bond acceptors (Lipinski definition) is 4. The molecule has 1 heterocycles. The number of likely N-dealkylation sites (N-methyl/N-ethyl adjacent to an activating group) is 1. The second-order valence-electron chi connectivity index (χ2n) is 4.92. The van der Waals surface area contributed by atoms with Crippen LogP contribution >= 0.6 is 15.9 Å². The summed E-state index contributed by atoms with van der Waals surface area (Å²) in [6, 6.07) is 5.66. The molecule has 0 radical (unpaired) electrons. The van der Waals surface area contributed by atoms with Crippen molar-refractivity contribution in [2.24, 2.45) is 0 Å². The Morgan fingerprint density at radius 3 is 3.05 bits per heavy atom. The van der Waals surface area contributed by atoms with Gasteiger partial charge in [0.25, 0.3) is 0 Å².